The number of nitrogens with zero attached hydrogens (tertiary/aromatic N) is 4. The van der Waals surface area contributed by atoms with Crippen LogP contribution in [0.5, 0.6) is 0 Å². The van der Waals surface area contributed by atoms with Crippen LogP contribution >= 0.6 is 15.9 Å². The second-order valence-corrected chi connectivity index (χ2v) is 4.30. The third-order valence-electron chi connectivity index (χ3n) is 2.15. The van der Waals surface area contributed by atoms with Crippen molar-refractivity contribution in [3.8, 4) is 5.69 Å². The highest BCUT2D eigenvalue weighted by Crippen LogP contribution is 2.15. The predicted molar refractivity (Wildman–Crippen MR) is 62.8 cm³/mol. The molecule has 0 aliphatic heterocycles. The van der Waals surface area contributed by atoms with Crippen LogP contribution in [-0.4, -0.2) is 31.3 Å². The number of tetrazole rings is 1. The smallest absolute Gasteiger partial charge is 0.303 e. The van der Waals surface area contributed by atoms with Gasteiger partial charge in [-0.2, -0.15) is 4.68 Å². The van der Waals surface area contributed by atoms with Gasteiger partial charge in [0.15, 0.2) is 5.82 Å². The summed E-state index contributed by atoms with van der Waals surface area (Å²) in [7, 11) is 0. The predicted octanol–water partition coefficient (Wildman–Crippen LogP) is 1.44. The number of aliphatic carboxylic acids is 1. The molecule has 6 nitrogen and oxygen atoms in total. The van der Waals surface area contributed by atoms with Gasteiger partial charge in [0.25, 0.3) is 0 Å². The van der Waals surface area contributed by atoms with Gasteiger partial charge in [0.2, 0.25) is 0 Å². The number of carboxylic acid groups (broad SMARTS) is 1. The minimum Gasteiger partial charge on any atom is -0.481 e. The van der Waals surface area contributed by atoms with Crippen LogP contribution in [0, 0.1) is 0 Å². The zero-order chi connectivity index (χ0) is 12.3. The van der Waals surface area contributed by atoms with Crippen LogP contribution in [0.4, 0.5) is 0 Å². The maximum atomic E-state index is 10.5. The molecule has 0 aliphatic rings. The first-order valence-corrected chi connectivity index (χ1v) is 5.71. The fraction of sp³-hybridized carbons (Fsp3) is 0.200. The first-order valence-electron chi connectivity index (χ1n) is 4.92. The van der Waals surface area contributed by atoms with Crippen molar-refractivity contribution in [3.63, 3.8) is 0 Å². The molecule has 1 heterocycles. The van der Waals surface area contributed by atoms with Crippen molar-refractivity contribution < 1.29 is 9.90 Å². The molecular weight excluding hydrogens is 288 g/mol. The van der Waals surface area contributed by atoms with Crippen LogP contribution in [0.1, 0.15) is 12.2 Å². The van der Waals surface area contributed by atoms with Crippen molar-refractivity contribution >= 4 is 21.9 Å². The van der Waals surface area contributed by atoms with Gasteiger partial charge in [-0.3, -0.25) is 4.79 Å². The first kappa shape index (κ1) is 11.7. The van der Waals surface area contributed by atoms with Gasteiger partial charge in [-0.05, 0) is 28.6 Å². The summed E-state index contributed by atoms with van der Waals surface area (Å²) in [6, 6.07) is 7.47. The SMILES string of the molecule is O=C(O)CCc1nnnn1-c1cccc(Br)c1. The van der Waals surface area contributed by atoms with Gasteiger partial charge >= 0.3 is 5.97 Å². The molecule has 1 aromatic carbocycles. The highest BCUT2D eigenvalue weighted by atomic mass is 79.9. The lowest BCUT2D eigenvalue weighted by Crippen LogP contribution is -2.06. The summed E-state index contributed by atoms with van der Waals surface area (Å²) in [6.07, 6.45) is 0.309. The molecule has 2 rings (SSSR count). The molecular formula is C10H9BrN4O2. The van der Waals surface area contributed by atoms with Crippen molar-refractivity contribution in [1.82, 2.24) is 20.2 Å². The molecule has 88 valence electrons. The molecule has 0 bridgehead atoms. The van der Waals surface area contributed by atoms with Gasteiger partial charge in [-0.1, -0.05) is 22.0 Å². The van der Waals surface area contributed by atoms with Gasteiger partial charge in [0.05, 0.1) is 12.1 Å². The molecule has 1 aromatic heterocycles. The molecule has 0 fully saturated rings. The number of halogens is 1. The van der Waals surface area contributed by atoms with Gasteiger partial charge in [-0.25, -0.2) is 0 Å². The first-order chi connectivity index (χ1) is 8.16. The summed E-state index contributed by atoms with van der Waals surface area (Å²) in [4.78, 5) is 10.5. The second-order valence-electron chi connectivity index (χ2n) is 3.38. The summed E-state index contributed by atoms with van der Waals surface area (Å²) in [5.41, 5.74) is 0.796. The third kappa shape index (κ3) is 2.88. The van der Waals surface area contributed by atoms with Crippen LogP contribution in [0.2, 0.25) is 0 Å². The fourth-order valence-corrected chi connectivity index (χ4v) is 1.78. The molecule has 0 saturated carbocycles. The Kier molecular flexibility index (Phi) is 3.48. The van der Waals surface area contributed by atoms with Gasteiger partial charge < -0.3 is 5.11 Å². The number of rotatable bonds is 4. The number of carbonyl (C=O) groups is 1. The zero-order valence-corrected chi connectivity index (χ0v) is 10.3. The Morgan fingerprint density at radius 1 is 1.47 bits per heavy atom. The van der Waals surface area contributed by atoms with E-state index in [1.807, 2.05) is 24.3 Å². The number of aromatic nitrogens is 4. The summed E-state index contributed by atoms with van der Waals surface area (Å²) < 4.78 is 2.45. The normalized spacial score (nSPS) is 10.4. The minimum atomic E-state index is -0.867. The molecule has 17 heavy (non-hydrogen) atoms. The fourth-order valence-electron chi connectivity index (χ4n) is 1.39. The topological polar surface area (TPSA) is 80.9 Å². The van der Waals surface area contributed by atoms with E-state index < -0.39 is 5.97 Å². The van der Waals surface area contributed by atoms with E-state index >= 15 is 0 Å². The number of hydrogen-bond donors (Lipinski definition) is 1. The van der Waals surface area contributed by atoms with Gasteiger partial charge in [0.1, 0.15) is 0 Å². The number of benzene rings is 1. The molecule has 7 heteroatoms. The average molecular weight is 297 g/mol. The van der Waals surface area contributed by atoms with Crippen molar-refractivity contribution in [2.75, 3.05) is 0 Å². The van der Waals surface area contributed by atoms with Crippen molar-refractivity contribution in [3.05, 3.63) is 34.6 Å². The van der Waals surface area contributed by atoms with Crippen molar-refractivity contribution in [2.45, 2.75) is 12.8 Å². The largest absolute Gasteiger partial charge is 0.481 e. The van der Waals surface area contributed by atoms with E-state index in [4.69, 9.17) is 5.11 Å². The lowest BCUT2D eigenvalue weighted by molar-refractivity contribution is -0.137. The molecule has 0 radical (unpaired) electrons. The third-order valence-corrected chi connectivity index (χ3v) is 2.64. The Hall–Kier alpha value is -1.76. The molecule has 0 amide bonds. The summed E-state index contributed by atoms with van der Waals surface area (Å²) in [5, 5.41) is 19.9. The molecule has 0 unspecified atom stereocenters. The van der Waals surface area contributed by atoms with Crippen LogP contribution in [0.15, 0.2) is 28.7 Å². The van der Waals surface area contributed by atoms with E-state index in [2.05, 4.69) is 31.5 Å². The van der Waals surface area contributed by atoms with Crippen LogP contribution in [0.3, 0.4) is 0 Å². The van der Waals surface area contributed by atoms with E-state index in [0.29, 0.717) is 12.2 Å². The molecule has 0 atom stereocenters. The van der Waals surface area contributed by atoms with Crippen molar-refractivity contribution in [2.24, 2.45) is 0 Å². The standard InChI is InChI=1S/C10H9BrN4O2/c11-7-2-1-3-8(6-7)15-9(12-13-14-15)4-5-10(16)17/h1-3,6H,4-5H2,(H,16,17). The number of hydrogen-bond acceptors (Lipinski definition) is 4. The second kappa shape index (κ2) is 5.05. The molecule has 0 spiro atoms. The Labute approximate surface area is 105 Å². The van der Waals surface area contributed by atoms with E-state index in [1.54, 1.807) is 0 Å². The lowest BCUT2D eigenvalue weighted by atomic mass is 10.3. The molecule has 1 N–H and O–H groups in total. The maximum absolute atomic E-state index is 10.5. The molecule has 0 aliphatic carbocycles. The van der Waals surface area contributed by atoms with E-state index in [1.165, 1.54) is 4.68 Å². The monoisotopic (exact) mass is 296 g/mol. The van der Waals surface area contributed by atoms with Crippen molar-refractivity contribution in [1.29, 1.82) is 0 Å². The van der Waals surface area contributed by atoms with Crippen LogP contribution < -0.4 is 0 Å². The van der Waals surface area contributed by atoms with E-state index in [9.17, 15) is 4.79 Å². The molecule has 2 aromatic rings. The minimum absolute atomic E-state index is 0.00831. The summed E-state index contributed by atoms with van der Waals surface area (Å²) in [6.45, 7) is 0. The van der Waals surface area contributed by atoms with E-state index in [-0.39, 0.29) is 6.42 Å². The van der Waals surface area contributed by atoms with E-state index in [0.717, 1.165) is 10.2 Å². The average Bonchev–Trinajstić information content (AvgIpc) is 2.74. The quantitative estimate of drug-likeness (QED) is 0.923. The number of carboxylic acids is 1. The Bertz CT molecular complexity index is 541. The lowest BCUT2D eigenvalue weighted by Gasteiger charge is -2.03. The Morgan fingerprint density at radius 3 is 3.00 bits per heavy atom. The Morgan fingerprint density at radius 2 is 2.29 bits per heavy atom. The van der Waals surface area contributed by atoms with Gasteiger partial charge in [-0.15, -0.1) is 5.10 Å². The number of aryl methyl sites for hydroxylation is 1. The summed E-state index contributed by atoms with van der Waals surface area (Å²) >= 11 is 3.36. The highest BCUT2D eigenvalue weighted by Gasteiger charge is 2.10. The Balaban J connectivity index is 2.27. The molecule has 0 saturated heterocycles. The highest BCUT2D eigenvalue weighted by molar-refractivity contribution is 9.10. The maximum Gasteiger partial charge on any atom is 0.303 e. The van der Waals surface area contributed by atoms with Gasteiger partial charge in [0, 0.05) is 10.9 Å². The van der Waals surface area contributed by atoms with Crippen LogP contribution in [0.25, 0.3) is 5.69 Å². The summed E-state index contributed by atoms with van der Waals surface area (Å²) in [5.74, 6) is -0.334. The zero-order valence-electron chi connectivity index (χ0n) is 8.75. The van der Waals surface area contributed by atoms with Crippen LogP contribution in [-0.2, 0) is 11.2 Å².